The van der Waals surface area contributed by atoms with Gasteiger partial charge >= 0.3 is 6.03 Å². The quantitative estimate of drug-likeness (QED) is 0.534. The predicted octanol–water partition coefficient (Wildman–Crippen LogP) is 5.49. The summed E-state index contributed by atoms with van der Waals surface area (Å²) in [6, 6.07) is 13.6. The molecular weight excluding hydrogens is 416 g/mol. The number of carbonyl (C=O) groups excluding carboxylic acids is 1. The number of aryl methyl sites for hydroxylation is 1. The van der Waals surface area contributed by atoms with E-state index in [9.17, 15) is 4.79 Å². The lowest BCUT2D eigenvalue weighted by Gasteiger charge is -2.15. The third-order valence-corrected chi connectivity index (χ3v) is 4.78. The van der Waals surface area contributed by atoms with Gasteiger partial charge in [-0.1, -0.05) is 58.7 Å². The van der Waals surface area contributed by atoms with Crippen molar-refractivity contribution in [1.82, 2.24) is 10.6 Å². The van der Waals surface area contributed by atoms with Crippen LogP contribution in [0.15, 0.2) is 46.9 Å². The number of halogens is 2. The van der Waals surface area contributed by atoms with Crippen molar-refractivity contribution < 1.29 is 9.53 Å². The molecule has 0 fully saturated rings. The largest absolute Gasteiger partial charge is 0.492 e. The first kappa shape index (κ1) is 20.6. The van der Waals surface area contributed by atoms with Crippen LogP contribution in [0, 0.1) is 0 Å². The number of amides is 2. The van der Waals surface area contributed by atoms with Gasteiger partial charge in [0.25, 0.3) is 0 Å². The van der Waals surface area contributed by atoms with E-state index in [-0.39, 0.29) is 12.1 Å². The lowest BCUT2D eigenvalue weighted by molar-refractivity contribution is 0.236. The highest BCUT2D eigenvalue weighted by Gasteiger charge is 2.09. The Bertz CT molecular complexity index is 722. The summed E-state index contributed by atoms with van der Waals surface area (Å²) < 4.78 is 6.53. The van der Waals surface area contributed by atoms with Crippen molar-refractivity contribution in [1.29, 1.82) is 0 Å². The molecule has 0 aliphatic carbocycles. The predicted molar refractivity (Wildman–Crippen MR) is 110 cm³/mol. The summed E-state index contributed by atoms with van der Waals surface area (Å²) in [5.74, 6) is 0.642. The number of ether oxygens (including phenoxy) is 1. The molecule has 0 aliphatic rings. The highest BCUT2D eigenvalue weighted by molar-refractivity contribution is 9.10. The lowest BCUT2D eigenvalue weighted by Crippen LogP contribution is -2.37. The first-order chi connectivity index (χ1) is 12.5. The fourth-order valence-electron chi connectivity index (χ4n) is 2.42. The van der Waals surface area contributed by atoms with E-state index >= 15 is 0 Å². The molecule has 0 saturated heterocycles. The fourth-order valence-corrected chi connectivity index (χ4v) is 3.15. The first-order valence-corrected chi connectivity index (χ1v) is 9.87. The Hall–Kier alpha value is -1.72. The van der Waals surface area contributed by atoms with Crippen LogP contribution in [0.4, 0.5) is 4.79 Å². The minimum absolute atomic E-state index is 0.0428. The summed E-state index contributed by atoms with van der Waals surface area (Å²) in [5.41, 5.74) is 2.38. The minimum atomic E-state index is -0.182. The smallest absolute Gasteiger partial charge is 0.315 e. The molecule has 0 heterocycles. The van der Waals surface area contributed by atoms with E-state index in [0.29, 0.717) is 30.3 Å². The maximum absolute atomic E-state index is 12.0. The molecule has 1 atom stereocenters. The molecule has 0 radical (unpaired) electrons. The maximum atomic E-state index is 12.0. The van der Waals surface area contributed by atoms with Crippen LogP contribution in [0.25, 0.3) is 0 Å². The number of hydrogen-bond donors (Lipinski definition) is 2. The van der Waals surface area contributed by atoms with Gasteiger partial charge in [0.1, 0.15) is 5.75 Å². The van der Waals surface area contributed by atoms with Gasteiger partial charge in [-0.3, -0.25) is 0 Å². The summed E-state index contributed by atoms with van der Waals surface area (Å²) in [5, 5.41) is 6.35. The van der Waals surface area contributed by atoms with Crippen molar-refractivity contribution in [2.75, 3.05) is 13.2 Å². The van der Waals surface area contributed by atoms with Gasteiger partial charge in [0, 0.05) is 11.0 Å². The summed E-state index contributed by atoms with van der Waals surface area (Å²) >= 11 is 9.45. The van der Waals surface area contributed by atoms with E-state index < -0.39 is 0 Å². The second kappa shape index (κ2) is 10.4. The highest BCUT2D eigenvalue weighted by atomic mass is 79.9. The van der Waals surface area contributed by atoms with Crippen molar-refractivity contribution in [2.24, 2.45) is 0 Å². The van der Waals surface area contributed by atoms with E-state index in [4.69, 9.17) is 16.3 Å². The number of carbonyl (C=O) groups is 1. The molecular formula is C20H24BrClN2O2. The second-order valence-corrected chi connectivity index (χ2v) is 7.32. The topological polar surface area (TPSA) is 50.4 Å². The molecule has 2 amide bonds. The molecule has 0 spiro atoms. The van der Waals surface area contributed by atoms with E-state index in [1.165, 1.54) is 5.56 Å². The highest BCUT2D eigenvalue weighted by Crippen LogP contribution is 2.27. The Morgan fingerprint density at radius 2 is 1.96 bits per heavy atom. The van der Waals surface area contributed by atoms with Gasteiger partial charge in [0.2, 0.25) is 0 Å². The van der Waals surface area contributed by atoms with Crippen molar-refractivity contribution in [3.05, 3.63) is 63.1 Å². The van der Waals surface area contributed by atoms with Crippen LogP contribution in [0.2, 0.25) is 5.02 Å². The minimum Gasteiger partial charge on any atom is -0.492 e. The molecule has 0 saturated carbocycles. The van der Waals surface area contributed by atoms with Gasteiger partial charge in [0.15, 0.2) is 0 Å². The Morgan fingerprint density at radius 1 is 1.23 bits per heavy atom. The lowest BCUT2D eigenvalue weighted by atomic mass is 10.1. The first-order valence-electron chi connectivity index (χ1n) is 8.70. The number of hydrogen-bond acceptors (Lipinski definition) is 2. The van der Waals surface area contributed by atoms with Crippen molar-refractivity contribution in [3.63, 3.8) is 0 Å². The van der Waals surface area contributed by atoms with E-state index in [1.807, 2.05) is 19.1 Å². The molecule has 6 heteroatoms. The van der Waals surface area contributed by atoms with Crippen LogP contribution >= 0.6 is 27.5 Å². The zero-order valence-corrected chi connectivity index (χ0v) is 17.4. The van der Waals surface area contributed by atoms with Crippen LogP contribution in [0.3, 0.4) is 0 Å². The molecule has 2 rings (SSSR count). The van der Waals surface area contributed by atoms with Crippen LogP contribution in [-0.4, -0.2) is 19.2 Å². The Labute approximate surface area is 168 Å². The average molecular weight is 440 g/mol. The van der Waals surface area contributed by atoms with Crippen molar-refractivity contribution in [3.8, 4) is 5.75 Å². The second-order valence-electron chi connectivity index (χ2n) is 5.99. The molecule has 26 heavy (non-hydrogen) atoms. The van der Waals surface area contributed by atoms with Crippen LogP contribution in [-0.2, 0) is 6.42 Å². The normalized spacial score (nSPS) is 11.7. The molecule has 2 aromatic rings. The SMILES string of the molecule is CCc1ccc(C(C)NC(=O)NCCCOc2ccc(Br)cc2Cl)cc1. The van der Waals surface area contributed by atoms with Crippen molar-refractivity contribution in [2.45, 2.75) is 32.7 Å². The fraction of sp³-hybridized carbons (Fsp3) is 0.350. The van der Waals surface area contributed by atoms with Gasteiger partial charge in [0.05, 0.1) is 17.7 Å². The Morgan fingerprint density at radius 3 is 2.62 bits per heavy atom. The van der Waals surface area contributed by atoms with Crippen LogP contribution in [0.5, 0.6) is 5.75 Å². The van der Waals surface area contributed by atoms with Gasteiger partial charge in [-0.2, -0.15) is 0 Å². The van der Waals surface area contributed by atoms with E-state index in [1.54, 1.807) is 6.07 Å². The van der Waals surface area contributed by atoms with Crippen molar-refractivity contribution >= 4 is 33.6 Å². The summed E-state index contributed by atoms with van der Waals surface area (Å²) in [7, 11) is 0. The van der Waals surface area contributed by atoms with Gasteiger partial charge in [-0.25, -0.2) is 4.79 Å². The average Bonchev–Trinajstić information content (AvgIpc) is 2.63. The number of benzene rings is 2. The van der Waals surface area contributed by atoms with Gasteiger partial charge < -0.3 is 15.4 Å². The van der Waals surface area contributed by atoms with E-state index in [0.717, 1.165) is 16.5 Å². The van der Waals surface area contributed by atoms with Gasteiger partial charge in [-0.05, 0) is 49.1 Å². The molecule has 0 aliphatic heterocycles. The maximum Gasteiger partial charge on any atom is 0.315 e. The summed E-state index contributed by atoms with van der Waals surface area (Å²) in [6.45, 7) is 5.11. The Balaban J connectivity index is 1.66. The zero-order valence-electron chi connectivity index (χ0n) is 15.0. The standard InChI is InChI=1S/C20H24BrClN2O2/c1-3-15-5-7-16(8-6-15)14(2)24-20(25)23-11-4-12-26-19-10-9-17(21)13-18(19)22/h5-10,13-14H,3-4,11-12H2,1-2H3,(H2,23,24,25). The summed E-state index contributed by atoms with van der Waals surface area (Å²) in [4.78, 5) is 12.0. The molecule has 140 valence electrons. The monoisotopic (exact) mass is 438 g/mol. The van der Waals surface area contributed by atoms with Crippen LogP contribution in [0.1, 0.15) is 37.4 Å². The zero-order chi connectivity index (χ0) is 18.9. The number of urea groups is 1. The molecule has 2 N–H and O–H groups in total. The Kier molecular flexibility index (Phi) is 8.26. The van der Waals surface area contributed by atoms with Gasteiger partial charge in [-0.15, -0.1) is 0 Å². The number of rotatable bonds is 8. The molecule has 2 aromatic carbocycles. The summed E-state index contributed by atoms with van der Waals surface area (Å²) in [6.07, 6.45) is 1.70. The third-order valence-electron chi connectivity index (χ3n) is 3.99. The van der Waals surface area contributed by atoms with E-state index in [2.05, 4.69) is 57.8 Å². The van der Waals surface area contributed by atoms with Crippen LogP contribution < -0.4 is 15.4 Å². The molecule has 1 unspecified atom stereocenters. The number of nitrogens with one attached hydrogen (secondary N) is 2. The third kappa shape index (κ3) is 6.54. The molecule has 0 bridgehead atoms. The molecule has 0 aromatic heterocycles. The molecule has 4 nitrogen and oxygen atoms in total.